The number of hydrogen-bond donors (Lipinski definition) is 4. The Balaban J connectivity index is 0.759. The average molecular weight is 925 g/mol. The number of rotatable bonds is 13. The Labute approximate surface area is 396 Å². The second-order valence-corrected chi connectivity index (χ2v) is 18.2. The van der Waals surface area contributed by atoms with Crippen molar-refractivity contribution in [1.29, 1.82) is 0 Å². The molecule has 0 aliphatic carbocycles. The standard InChI is InChI=1S/C50H58BFN10O4S/c1-6-42(63)58-23-20-35(21-24-58)41-19-18-40(47(53)65)48(57-41)55-38-16-12-37(13-17-38)49(66)60-27-25-59(26-28-60)43(64)9-7-8-22-54-50(67)56-39-14-10-36(11-15-39)44-45-31(2)29-33(4)61(45)51(52)62-34(5)30-32(3)46(44)62/h6,10-19,29-30,35,44H,1,7-9,20-28H2,2-5H3,(H2,53,65)(H,55,57)(H2,54,56,67). The van der Waals surface area contributed by atoms with Gasteiger partial charge in [-0.25, -0.2) is 4.98 Å². The molecule has 348 valence electrons. The van der Waals surface area contributed by atoms with Gasteiger partial charge in [0.2, 0.25) is 11.8 Å². The van der Waals surface area contributed by atoms with E-state index < -0.39 is 13.2 Å². The van der Waals surface area contributed by atoms with Crippen LogP contribution in [0, 0.1) is 27.7 Å². The summed E-state index contributed by atoms with van der Waals surface area (Å²) in [5.41, 5.74) is 15.7. The molecule has 0 bridgehead atoms. The van der Waals surface area contributed by atoms with Crippen LogP contribution in [0.1, 0.15) is 110 Å². The molecule has 3 aliphatic rings. The first-order chi connectivity index (χ1) is 32.2. The summed E-state index contributed by atoms with van der Waals surface area (Å²) in [6.07, 6.45) is 4.68. The molecule has 3 aromatic heterocycles. The van der Waals surface area contributed by atoms with E-state index in [-0.39, 0.29) is 35.1 Å². The second kappa shape index (κ2) is 20.0. The van der Waals surface area contributed by atoms with Crippen molar-refractivity contribution in [1.82, 2.24) is 34.0 Å². The minimum Gasteiger partial charge on any atom is -0.365 e. The lowest BCUT2D eigenvalue weighted by Gasteiger charge is -2.35. The molecule has 17 heteroatoms. The number of benzene rings is 2. The van der Waals surface area contributed by atoms with Gasteiger partial charge in [0.1, 0.15) is 5.82 Å². The van der Waals surface area contributed by atoms with Gasteiger partial charge in [-0.3, -0.25) is 23.5 Å². The molecule has 8 rings (SSSR count). The van der Waals surface area contributed by atoms with Gasteiger partial charge >= 0.3 is 7.26 Å². The summed E-state index contributed by atoms with van der Waals surface area (Å²) < 4.78 is 19.6. The van der Waals surface area contributed by atoms with Crippen molar-refractivity contribution in [2.75, 3.05) is 56.4 Å². The highest BCUT2D eigenvalue weighted by atomic mass is 32.1. The van der Waals surface area contributed by atoms with E-state index >= 15 is 4.32 Å². The molecule has 0 atom stereocenters. The number of nitrogens with zero attached hydrogens (tertiary/aromatic N) is 6. The quantitative estimate of drug-likeness (QED) is 0.0425. The van der Waals surface area contributed by atoms with Crippen LogP contribution in [-0.4, -0.2) is 110 Å². The number of piperidine rings is 1. The Morgan fingerprint density at radius 1 is 0.806 bits per heavy atom. The summed E-state index contributed by atoms with van der Waals surface area (Å²) in [7, 11) is -1.28. The minimum atomic E-state index is -1.28. The zero-order valence-electron chi connectivity index (χ0n) is 38.6. The molecule has 0 unspecified atom stereocenters. The number of pyridine rings is 1. The van der Waals surface area contributed by atoms with E-state index in [1.807, 2.05) is 45.9 Å². The van der Waals surface area contributed by atoms with Gasteiger partial charge in [0.05, 0.1) is 11.5 Å². The van der Waals surface area contributed by atoms with E-state index in [9.17, 15) is 19.2 Å². The van der Waals surface area contributed by atoms with E-state index in [0.717, 1.165) is 70.1 Å². The zero-order chi connectivity index (χ0) is 47.5. The first-order valence-electron chi connectivity index (χ1n) is 23.0. The topological polar surface area (TPSA) is 163 Å². The van der Waals surface area contributed by atoms with Crippen molar-refractivity contribution in [3.63, 3.8) is 0 Å². The van der Waals surface area contributed by atoms with E-state index in [0.29, 0.717) is 80.8 Å². The number of carbonyl (C=O) groups excluding carboxylic acids is 4. The number of nitrogens with one attached hydrogen (secondary N) is 3. The van der Waals surface area contributed by atoms with Crippen LogP contribution < -0.4 is 21.7 Å². The van der Waals surface area contributed by atoms with Crippen LogP contribution in [-0.2, 0) is 9.59 Å². The van der Waals surface area contributed by atoms with Gasteiger partial charge in [-0.1, -0.05) is 18.7 Å². The van der Waals surface area contributed by atoms with Gasteiger partial charge < -0.3 is 45.3 Å². The predicted octanol–water partition coefficient (Wildman–Crippen LogP) is 6.94. The zero-order valence-corrected chi connectivity index (χ0v) is 39.4. The summed E-state index contributed by atoms with van der Waals surface area (Å²) in [6.45, 7) is 15.2. The van der Waals surface area contributed by atoms with Gasteiger partial charge in [0.15, 0.2) is 5.11 Å². The maximum absolute atomic E-state index is 16.0. The largest absolute Gasteiger partial charge is 0.596 e. The van der Waals surface area contributed by atoms with E-state index in [1.54, 1.807) is 40.1 Å². The molecule has 6 heterocycles. The number of likely N-dealkylation sites (tertiary alicyclic amines) is 1. The SMILES string of the molecule is C=CC(=O)N1CCC(c2ccc(C(N)=O)c(Nc3ccc(C(=O)N4CCN(C(=O)CCCCNC(=S)Nc5ccc(C6c7c(C)cc(C)n7B(F)n7c(C)cc(C)c76)cc5)CC4)cc3)n2)CC1. The second-order valence-electron chi connectivity index (χ2n) is 17.8. The van der Waals surface area contributed by atoms with Crippen molar-refractivity contribution in [2.45, 2.75) is 71.6 Å². The molecule has 0 spiro atoms. The third kappa shape index (κ3) is 9.87. The Bertz CT molecular complexity index is 2650. The predicted molar refractivity (Wildman–Crippen MR) is 265 cm³/mol. The Hall–Kier alpha value is -6.75. The van der Waals surface area contributed by atoms with E-state index in [2.05, 4.69) is 60.6 Å². The highest BCUT2D eigenvalue weighted by Crippen LogP contribution is 2.42. The number of fused-ring (bicyclic) bond motifs is 2. The molecule has 5 N–H and O–H groups in total. The molecule has 14 nitrogen and oxygen atoms in total. The van der Waals surface area contributed by atoms with Crippen LogP contribution in [0.5, 0.6) is 0 Å². The van der Waals surface area contributed by atoms with Crippen LogP contribution in [0.2, 0.25) is 0 Å². The fourth-order valence-corrected chi connectivity index (χ4v) is 10.1. The molecule has 2 aromatic carbocycles. The third-order valence-corrected chi connectivity index (χ3v) is 13.7. The van der Waals surface area contributed by atoms with E-state index in [1.165, 1.54) is 6.08 Å². The van der Waals surface area contributed by atoms with E-state index in [4.69, 9.17) is 22.9 Å². The first-order valence-corrected chi connectivity index (χ1v) is 23.4. The van der Waals surface area contributed by atoms with Crippen LogP contribution in [0.3, 0.4) is 0 Å². The van der Waals surface area contributed by atoms with Crippen LogP contribution >= 0.6 is 12.2 Å². The van der Waals surface area contributed by atoms with Crippen molar-refractivity contribution in [2.24, 2.45) is 5.73 Å². The highest BCUT2D eigenvalue weighted by Gasteiger charge is 2.41. The number of thiocarbonyl (C=S) groups is 1. The van der Waals surface area contributed by atoms with Crippen molar-refractivity contribution in [3.05, 3.63) is 142 Å². The molecule has 0 radical (unpaired) electrons. The average Bonchev–Trinajstić information content (AvgIpc) is 3.81. The fraction of sp³-hybridized carbons (Fsp3) is 0.360. The van der Waals surface area contributed by atoms with Crippen molar-refractivity contribution < 1.29 is 23.5 Å². The molecule has 5 aromatic rings. The third-order valence-electron chi connectivity index (χ3n) is 13.4. The molecular formula is C50H58BFN10O4S. The number of nitrogens with two attached hydrogens (primary N) is 1. The number of primary amides is 1. The Morgan fingerprint density at radius 3 is 2.00 bits per heavy atom. The number of piperazine rings is 1. The fourth-order valence-electron chi connectivity index (χ4n) is 9.92. The van der Waals surface area contributed by atoms with Crippen LogP contribution in [0.25, 0.3) is 0 Å². The summed E-state index contributed by atoms with van der Waals surface area (Å²) >= 11 is 5.59. The molecule has 0 saturated carbocycles. The monoisotopic (exact) mass is 924 g/mol. The lowest BCUT2D eigenvalue weighted by Crippen LogP contribution is -2.50. The van der Waals surface area contributed by atoms with Gasteiger partial charge in [-0.05, 0) is 149 Å². The maximum Gasteiger partial charge on any atom is 0.596 e. The lowest BCUT2D eigenvalue weighted by molar-refractivity contribution is -0.132. The molecule has 67 heavy (non-hydrogen) atoms. The molecule has 3 aliphatic heterocycles. The first kappa shape index (κ1) is 46.8. The summed E-state index contributed by atoms with van der Waals surface area (Å²) in [5, 5.41) is 10.2. The van der Waals surface area contributed by atoms with Crippen LogP contribution in [0.4, 0.5) is 21.5 Å². The highest BCUT2D eigenvalue weighted by molar-refractivity contribution is 7.80. The number of amides is 4. The lowest BCUT2D eigenvalue weighted by atomic mass is 9.82. The number of anilines is 3. The van der Waals surface area contributed by atoms with Gasteiger partial charge in [-0.15, -0.1) is 0 Å². The number of carbonyl (C=O) groups is 4. The molecule has 4 amide bonds. The van der Waals surface area contributed by atoms with Crippen LogP contribution in [0.15, 0.2) is 85.5 Å². The minimum absolute atomic E-state index is 0.0693. The number of aryl methyl sites for hydroxylation is 4. The summed E-state index contributed by atoms with van der Waals surface area (Å²) in [5.74, 6) is -0.391. The number of unbranched alkanes of at least 4 members (excludes halogenated alkanes) is 1. The van der Waals surface area contributed by atoms with Crippen molar-refractivity contribution in [3.8, 4) is 0 Å². The summed E-state index contributed by atoms with van der Waals surface area (Å²) in [6, 6.07) is 22.8. The van der Waals surface area contributed by atoms with Gasteiger partial charge in [-0.2, -0.15) is 0 Å². The Morgan fingerprint density at radius 2 is 1.40 bits per heavy atom. The molecule has 2 saturated heterocycles. The number of hydrogen-bond acceptors (Lipinski definition) is 7. The van der Waals surface area contributed by atoms with Gasteiger partial charge in [0, 0.05) is 104 Å². The van der Waals surface area contributed by atoms with Gasteiger partial charge in [0.25, 0.3) is 11.8 Å². The molecule has 2 fully saturated rings. The molecular weight excluding hydrogens is 866 g/mol. The smallest absolute Gasteiger partial charge is 0.365 e. The maximum atomic E-state index is 16.0. The number of aromatic nitrogens is 3. The summed E-state index contributed by atoms with van der Waals surface area (Å²) in [4.78, 5) is 61.0. The normalized spacial score (nSPS) is 15.2. The number of halogens is 1. The van der Waals surface area contributed by atoms with Crippen molar-refractivity contribution >= 4 is 65.4 Å². The Kier molecular flexibility index (Phi) is 14.0.